The first-order valence-corrected chi connectivity index (χ1v) is 5.97. The lowest BCUT2D eigenvalue weighted by atomic mass is 10.3. The molecule has 1 aliphatic rings. The van der Waals surface area contributed by atoms with Crippen molar-refractivity contribution >= 4 is 40.5 Å². The molecule has 0 aromatic carbocycles. The first-order valence-electron chi connectivity index (χ1n) is 4.77. The van der Waals surface area contributed by atoms with Gasteiger partial charge in [0.15, 0.2) is 5.78 Å². The topological polar surface area (TPSA) is 63.7 Å². The van der Waals surface area contributed by atoms with Crippen LogP contribution in [-0.2, 0) is 14.3 Å². The fourth-order valence-electron chi connectivity index (χ4n) is 1.38. The van der Waals surface area contributed by atoms with E-state index in [4.69, 9.17) is 16.3 Å². The Labute approximate surface area is 106 Å². The zero-order chi connectivity index (χ0) is 12.4. The van der Waals surface area contributed by atoms with Crippen LogP contribution in [0.15, 0.2) is 12.1 Å². The molecular formula is C10H8ClNO4S. The molecule has 1 aliphatic heterocycles. The third-order valence-electron chi connectivity index (χ3n) is 2.20. The standard InChI is InChI=1S/C10H8ClNO4S/c11-8-2-1-7(17-8)6(13)3-12-9(14)4-16-5-10(12)15/h1-2H,3-5H2. The van der Waals surface area contributed by atoms with Crippen LogP contribution < -0.4 is 0 Å². The summed E-state index contributed by atoms with van der Waals surface area (Å²) in [6, 6.07) is 3.17. The van der Waals surface area contributed by atoms with Crippen molar-refractivity contribution in [1.82, 2.24) is 4.90 Å². The number of carbonyl (C=O) groups excluding carboxylic acids is 3. The van der Waals surface area contributed by atoms with E-state index in [0.717, 1.165) is 16.2 Å². The lowest BCUT2D eigenvalue weighted by Gasteiger charge is -2.23. The van der Waals surface area contributed by atoms with E-state index in [-0.39, 0.29) is 25.5 Å². The SMILES string of the molecule is O=C(CN1C(=O)COCC1=O)c1ccc(Cl)s1. The molecule has 0 bridgehead atoms. The summed E-state index contributed by atoms with van der Waals surface area (Å²) in [6.07, 6.45) is 0. The van der Waals surface area contributed by atoms with Gasteiger partial charge in [-0.15, -0.1) is 11.3 Å². The molecule has 1 fully saturated rings. The highest BCUT2D eigenvalue weighted by atomic mass is 35.5. The quantitative estimate of drug-likeness (QED) is 0.608. The maximum Gasteiger partial charge on any atom is 0.255 e. The summed E-state index contributed by atoms with van der Waals surface area (Å²) in [5.74, 6) is -1.28. The van der Waals surface area contributed by atoms with Crippen molar-refractivity contribution in [2.24, 2.45) is 0 Å². The molecule has 1 aromatic rings. The maximum atomic E-state index is 11.8. The Balaban J connectivity index is 2.07. The average molecular weight is 274 g/mol. The van der Waals surface area contributed by atoms with Crippen LogP contribution in [0.5, 0.6) is 0 Å². The van der Waals surface area contributed by atoms with Crippen molar-refractivity contribution in [2.75, 3.05) is 19.8 Å². The molecule has 1 aromatic heterocycles. The molecule has 0 radical (unpaired) electrons. The van der Waals surface area contributed by atoms with E-state index in [1.54, 1.807) is 12.1 Å². The van der Waals surface area contributed by atoms with Crippen LogP contribution in [0.2, 0.25) is 4.34 Å². The van der Waals surface area contributed by atoms with Gasteiger partial charge in [-0.05, 0) is 12.1 Å². The first-order chi connectivity index (χ1) is 8.08. The number of morpholine rings is 1. The number of hydrogen-bond acceptors (Lipinski definition) is 5. The van der Waals surface area contributed by atoms with Crippen LogP contribution in [0.25, 0.3) is 0 Å². The van der Waals surface area contributed by atoms with Gasteiger partial charge < -0.3 is 4.74 Å². The molecule has 7 heteroatoms. The van der Waals surface area contributed by atoms with Crippen LogP contribution in [0.4, 0.5) is 0 Å². The number of amides is 2. The molecule has 0 N–H and O–H groups in total. The molecule has 1 saturated heterocycles. The van der Waals surface area contributed by atoms with Gasteiger partial charge in [0.1, 0.15) is 13.2 Å². The summed E-state index contributed by atoms with van der Waals surface area (Å²) in [6.45, 7) is -0.577. The molecule has 0 aliphatic carbocycles. The van der Waals surface area contributed by atoms with E-state index < -0.39 is 11.8 Å². The van der Waals surface area contributed by atoms with E-state index in [0.29, 0.717) is 9.21 Å². The van der Waals surface area contributed by atoms with Gasteiger partial charge in [0.2, 0.25) is 0 Å². The predicted octanol–water partition coefficient (Wildman–Crippen LogP) is 0.970. The van der Waals surface area contributed by atoms with Gasteiger partial charge in [-0.2, -0.15) is 0 Å². The molecule has 0 saturated carbocycles. The maximum absolute atomic E-state index is 11.8. The van der Waals surface area contributed by atoms with Crippen molar-refractivity contribution in [3.8, 4) is 0 Å². The molecule has 0 atom stereocenters. The Bertz CT molecular complexity index is 468. The zero-order valence-corrected chi connectivity index (χ0v) is 10.2. The Kier molecular flexibility index (Phi) is 3.56. The number of halogens is 1. The molecule has 5 nitrogen and oxygen atoms in total. The Morgan fingerprint density at radius 2 is 2.00 bits per heavy atom. The minimum absolute atomic E-state index is 0.162. The Morgan fingerprint density at radius 3 is 2.53 bits per heavy atom. The molecule has 0 unspecified atom stereocenters. The molecule has 2 heterocycles. The lowest BCUT2D eigenvalue weighted by molar-refractivity contribution is -0.157. The van der Waals surface area contributed by atoms with E-state index in [9.17, 15) is 14.4 Å². The molecular weight excluding hydrogens is 266 g/mol. The highest BCUT2D eigenvalue weighted by molar-refractivity contribution is 7.18. The fourth-order valence-corrected chi connectivity index (χ4v) is 2.36. The summed E-state index contributed by atoms with van der Waals surface area (Å²) >= 11 is 6.83. The van der Waals surface area contributed by atoms with Gasteiger partial charge in [-0.3, -0.25) is 19.3 Å². The van der Waals surface area contributed by atoms with Gasteiger partial charge in [0, 0.05) is 0 Å². The Hall–Kier alpha value is -1.24. The number of rotatable bonds is 3. The van der Waals surface area contributed by atoms with Gasteiger partial charge >= 0.3 is 0 Å². The number of thiophene rings is 1. The van der Waals surface area contributed by atoms with E-state index in [1.807, 2.05) is 0 Å². The van der Waals surface area contributed by atoms with Gasteiger partial charge in [0.05, 0.1) is 15.8 Å². The number of Topliss-reactive ketones (excluding diaryl/α,β-unsaturated/α-hetero) is 1. The number of ether oxygens (including phenoxy) is 1. The van der Waals surface area contributed by atoms with Crippen LogP contribution in [-0.4, -0.2) is 42.3 Å². The van der Waals surface area contributed by atoms with Gasteiger partial charge in [-0.25, -0.2) is 0 Å². The minimum Gasteiger partial charge on any atom is -0.362 e. The molecule has 0 spiro atoms. The van der Waals surface area contributed by atoms with Crippen molar-refractivity contribution in [3.05, 3.63) is 21.3 Å². The van der Waals surface area contributed by atoms with Crippen molar-refractivity contribution in [2.45, 2.75) is 0 Å². The largest absolute Gasteiger partial charge is 0.362 e. The van der Waals surface area contributed by atoms with Crippen LogP contribution in [0.3, 0.4) is 0 Å². The van der Waals surface area contributed by atoms with Crippen LogP contribution >= 0.6 is 22.9 Å². The summed E-state index contributed by atoms with van der Waals surface area (Å²) in [4.78, 5) is 35.9. The van der Waals surface area contributed by atoms with Crippen molar-refractivity contribution in [1.29, 1.82) is 0 Å². The monoisotopic (exact) mass is 273 g/mol. The smallest absolute Gasteiger partial charge is 0.255 e. The second kappa shape index (κ2) is 4.95. The van der Waals surface area contributed by atoms with Crippen LogP contribution in [0.1, 0.15) is 9.67 Å². The number of ketones is 1. The minimum atomic E-state index is -0.489. The number of nitrogens with zero attached hydrogens (tertiary/aromatic N) is 1. The number of hydrogen-bond donors (Lipinski definition) is 0. The van der Waals surface area contributed by atoms with E-state index in [2.05, 4.69) is 0 Å². The van der Waals surface area contributed by atoms with Gasteiger partial charge in [-0.1, -0.05) is 11.6 Å². The van der Waals surface area contributed by atoms with Gasteiger partial charge in [0.25, 0.3) is 11.8 Å². The third-order valence-corrected chi connectivity index (χ3v) is 3.48. The highest BCUT2D eigenvalue weighted by Crippen LogP contribution is 2.22. The second-order valence-electron chi connectivity index (χ2n) is 3.39. The average Bonchev–Trinajstić information content (AvgIpc) is 2.70. The van der Waals surface area contributed by atoms with E-state index >= 15 is 0 Å². The molecule has 2 rings (SSSR count). The zero-order valence-electron chi connectivity index (χ0n) is 8.64. The molecule has 90 valence electrons. The van der Waals surface area contributed by atoms with Crippen LogP contribution in [0, 0.1) is 0 Å². The predicted molar refractivity (Wildman–Crippen MR) is 61.2 cm³/mol. The third kappa shape index (κ3) is 2.71. The number of imide groups is 1. The summed E-state index contributed by atoms with van der Waals surface area (Å²) in [5.41, 5.74) is 0. The van der Waals surface area contributed by atoms with Crippen molar-refractivity contribution in [3.63, 3.8) is 0 Å². The van der Waals surface area contributed by atoms with Crippen molar-refractivity contribution < 1.29 is 19.1 Å². The Morgan fingerprint density at radius 1 is 1.35 bits per heavy atom. The number of carbonyl (C=O) groups is 3. The molecule has 2 amide bonds. The fraction of sp³-hybridized carbons (Fsp3) is 0.300. The van der Waals surface area contributed by atoms with E-state index in [1.165, 1.54) is 0 Å². The second-order valence-corrected chi connectivity index (χ2v) is 5.11. The summed E-state index contributed by atoms with van der Waals surface area (Å²) in [5, 5.41) is 0. The summed E-state index contributed by atoms with van der Waals surface area (Å²) < 4.78 is 5.24. The lowest BCUT2D eigenvalue weighted by Crippen LogP contribution is -2.48. The highest BCUT2D eigenvalue weighted by Gasteiger charge is 2.28. The normalized spacial score (nSPS) is 16.4. The first kappa shape index (κ1) is 12.2. The molecule has 17 heavy (non-hydrogen) atoms. The summed E-state index contributed by atoms with van der Waals surface area (Å²) in [7, 11) is 0.